The lowest BCUT2D eigenvalue weighted by Gasteiger charge is -2.09. The summed E-state index contributed by atoms with van der Waals surface area (Å²) in [5.74, 6) is 0.709. The molecule has 0 bridgehead atoms. The quantitative estimate of drug-likeness (QED) is 0.788. The zero-order valence-corrected chi connectivity index (χ0v) is 13.2. The molecule has 2 amide bonds. The molecule has 0 atom stereocenters. The fraction of sp³-hybridized carbons (Fsp3) is 0.235. The second-order valence-electron chi connectivity index (χ2n) is 4.84. The fourth-order valence-electron chi connectivity index (χ4n) is 2.02. The Labute approximate surface area is 135 Å². The number of hydrogen-bond donors (Lipinski definition) is 2. The van der Waals surface area contributed by atoms with E-state index >= 15 is 0 Å². The van der Waals surface area contributed by atoms with Gasteiger partial charge in [-0.1, -0.05) is 29.8 Å². The molecule has 5 heteroatoms. The molecule has 4 nitrogen and oxygen atoms in total. The van der Waals surface area contributed by atoms with Crippen LogP contribution in [-0.2, 0) is 6.42 Å². The van der Waals surface area contributed by atoms with Crippen molar-refractivity contribution in [2.45, 2.75) is 12.8 Å². The van der Waals surface area contributed by atoms with Gasteiger partial charge in [-0.05, 0) is 42.7 Å². The summed E-state index contributed by atoms with van der Waals surface area (Å²) in [6.07, 6.45) is 1.77. The molecule has 2 aromatic carbocycles. The van der Waals surface area contributed by atoms with Gasteiger partial charge >= 0.3 is 6.03 Å². The summed E-state index contributed by atoms with van der Waals surface area (Å²) in [4.78, 5) is 11.8. The van der Waals surface area contributed by atoms with Gasteiger partial charge in [0, 0.05) is 23.3 Å². The Kier molecular flexibility index (Phi) is 6.10. The number of aryl methyl sites for hydroxylation is 1. The van der Waals surface area contributed by atoms with Crippen LogP contribution >= 0.6 is 11.6 Å². The van der Waals surface area contributed by atoms with Gasteiger partial charge in [0.2, 0.25) is 0 Å². The molecule has 0 aliphatic carbocycles. The molecular weight excluding hydrogens is 300 g/mol. The van der Waals surface area contributed by atoms with Crippen LogP contribution in [0.1, 0.15) is 12.0 Å². The average molecular weight is 319 g/mol. The van der Waals surface area contributed by atoms with Gasteiger partial charge in [0.05, 0.1) is 7.11 Å². The molecular formula is C17H19ClN2O2. The van der Waals surface area contributed by atoms with Gasteiger partial charge in [0.25, 0.3) is 0 Å². The van der Waals surface area contributed by atoms with Crippen LogP contribution < -0.4 is 15.4 Å². The minimum atomic E-state index is -0.218. The van der Waals surface area contributed by atoms with E-state index in [4.69, 9.17) is 16.3 Å². The van der Waals surface area contributed by atoms with Crippen molar-refractivity contribution in [3.8, 4) is 5.75 Å². The van der Waals surface area contributed by atoms with Gasteiger partial charge in [-0.25, -0.2) is 4.79 Å². The van der Waals surface area contributed by atoms with Crippen LogP contribution in [0.4, 0.5) is 10.5 Å². The topological polar surface area (TPSA) is 50.4 Å². The molecule has 0 saturated heterocycles. The molecule has 0 spiro atoms. The van der Waals surface area contributed by atoms with E-state index in [9.17, 15) is 4.79 Å². The van der Waals surface area contributed by atoms with Gasteiger partial charge in [0.15, 0.2) is 0 Å². The number of carbonyl (C=O) groups is 1. The second-order valence-corrected chi connectivity index (χ2v) is 5.28. The Hall–Kier alpha value is -2.20. The molecule has 22 heavy (non-hydrogen) atoms. The van der Waals surface area contributed by atoms with Crippen molar-refractivity contribution < 1.29 is 9.53 Å². The average Bonchev–Trinajstić information content (AvgIpc) is 2.53. The summed E-state index contributed by atoms with van der Waals surface area (Å²) in [7, 11) is 1.59. The van der Waals surface area contributed by atoms with Crippen molar-refractivity contribution in [1.82, 2.24) is 5.32 Å². The molecule has 0 aliphatic heterocycles. The van der Waals surface area contributed by atoms with Gasteiger partial charge < -0.3 is 15.4 Å². The summed E-state index contributed by atoms with van der Waals surface area (Å²) < 4.78 is 5.11. The molecule has 116 valence electrons. The standard InChI is InChI=1S/C17H19ClN2O2/c1-22-16-6-2-5-15(12-16)20-17(21)19-11-3-4-13-7-9-14(18)10-8-13/h2,5-10,12H,3-4,11H2,1H3,(H2,19,20,21). The third-order valence-corrected chi connectivity index (χ3v) is 3.42. The summed E-state index contributed by atoms with van der Waals surface area (Å²) >= 11 is 5.84. The first-order chi connectivity index (χ1) is 10.7. The first-order valence-electron chi connectivity index (χ1n) is 7.11. The van der Waals surface area contributed by atoms with Crippen LogP contribution in [0.3, 0.4) is 0 Å². The highest BCUT2D eigenvalue weighted by Crippen LogP contribution is 2.16. The molecule has 0 radical (unpaired) electrons. The van der Waals surface area contributed by atoms with E-state index in [-0.39, 0.29) is 6.03 Å². The highest BCUT2D eigenvalue weighted by Gasteiger charge is 2.02. The first kappa shape index (κ1) is 16.2. The van der Waals surface area contributed by atoms with Crippen molar-refractivity contribution in [2.75, 3.05) is 19.0 Å². The van der Waals surface area contributed by atoms with Gasteiger partial charge in [-0.3, -0.25) is 0 Å². The molecule has 0 fully saturated rings. The minimum absolute atomic E-state index is 0.218. The molecule has 2 aromatic rings. The predicted octanol–water partition coefficient (Wildman–Crippen LogP) is 4.10. The number of benzene rings is 2. The lowest BCUT2D eigenvalue weighted by molar-refractivity contribution is 0.252. The van der Waals surface area contributed by atoms with Crippen molar-refractivity contribution in [1.29, 1.82) is 0 Å². The number of carbonyl (C=O) groups excluding carboxylic acids is 1. The monoisotopic (exact) mass is 318 g/mol. The number of nitrogens with one attached hydrogen (secondary N) is 2. The molecule has 0 aliphatic rings. The smallest absolute Gasteiger partial charge is 0.319 e. The van der Waals surface area contributed by atoms with E-state index in [2.05, 4.69) is 10.6 Å². The first-order valence-corrected chi connectivity index (χ1v) is 7.48. The minimum Gasteiger partial charge on any atom is -0.497 e. The Morgan fingerprint density at radius 2 is 1.95 bits per heavy atom. The van der Waals surface area contributed by atoms with Crippen LogP contribution in [-0.4, -0.2) is 19.7 Å². The van der Waals surface area contributed by atoms with Crippen LogP contribution in [0.15, 0.2) is 48.5 Å². The third-order valence-electron chi connectivity index (χ3n) is 3.17. The van der Waals surface area contributed by atoms with E-state index in [1.807, 2.05) is 42.5 Å². The normalized spacial score (nSPS) is 10.1. The lowest BCUT2D eigenvalue weighted by atomic mass is 10.1. The predicted molar refractivity (Wildman–Crippen MR) is 89.8 cm³/mol. The molecule has 0 saturated carbocycles. The number of hydrogen-bond acceptors (Lipinski definition) is 2. The Morgan fingerprint density at radius 1 is 1.18 bits per heavy atom. The maximum Gasteiger partial charge on any atom is 0.319 e. The number of amides is 2. The second kappa shape index (κ2) is 8.29. The number of anilines is 1. The highest BCUT2D eigenvalue weighted by atomic mass is 35.5. The lowest BCUT2D eigenvalue weighted by Crippen LogP contribution is -2.29. The zero-order chi connectivity index (χ0) is 15.8. The summed E-state index contributed by atoms with van der Waals surface area (Å²) in [6.45, 7) is 0.610. The van der Waals surface area contributed by atoms with Crippen LogP contribution in [0.2, 0.25) is 5.02 Å². The van der Waals surface area contributed by atoms with Crippen LogP contribution in [0.5, 0.6) is 5.75 Å². The van der Waals surface area contributed by atoms with Crippen molar-refractivity contribution in [2.24, 2.45) is 0 Å². The van der Waals surface area contributed by atoms with Crippen LogP contribution in [0, 0.1) is 0 Å². The molecule has 0 heterocycles. The summed E-state index contributed by atoms with van der Waals surface area (Å²) in [6, 6.07) is 14.8. The van der Waals surface area contributed by atoms with Gasteiger partial charge in [-0.15, -0.1) is 0 Å². The van der Waals surface area contributed by atoms with Crippen LogP contribution in [0.25, 0.3) is 0 Å². The van der Waals surface area contributed by atoms with Gasteiger partial charge in [-0.2, -0.15) is 0 Å². The van der Waals surface area contributed by atoms with Gasteiger partial charge in [0.1, 0.15) is 5.75 Å². The summed E-state index contributed by atoms with van der Waals surface area (Å²) in [5.41, 5.74) is 1.91. The number of urea groups is 1. The van der Waals surface area contributed by atoms with E-state index in [0.717, 1.165) is 17.9 Å². The molecule has 0 aromatic heterocycles. The molecule has 2 N–H and O–H groups in total. The number of ether oxygens (including phenoxy) is 1. The number of methoxy groups -OCH3 is 1. The maximum absolute atomic E-state index is 11.8. The maximum atomic E-state index is 11.8. The third kappa shape index (κ3) is 5.30. The molecule has 2 rings (SSSR count). The van der Waals surface area contributed by atoms with E-state index in [0.29, 0.717) is 18.0 Å². The SMILES string of the molecule is COc1cccc(NC(=O)NCCCc2ccc(Cl)cc2)c1. The summed E-state index contributed by atoms with van der Waals surface area (Å²) in [5, 5.41) is 6.34. The fourth-order valence-corrected chi connectivity index (χ4v) is 2.15. The number of rotatable bonds is 6. The van der Waals surface area contributed by atoms with E-state index in [1.54, 1.807) is 13.2 Å². The van der Waals surface area contributed by atoms with Crippen molar-refractivity contribution in [3.05, 3.63) is 59.1 Å². The Balaban J connectivity index is 1.70. The largest absolute Gasteiger partial charge is 0.497 e. The number of halogens is 1. The highest BCUT2D eigenvalue weighted by molar-refractivity contribution is 6.30. The Bertz CT molecular complexity index is 614. The Morgan fingerprint density at radius 3 is 2.68 bits per heavy atom. The molecule has 0 unspecified atom stereocenters. The van der Waals surface area contributed by atoms with E-state index < -0.39 is 0 Å². The van der Waals surface area contributed by atoms with E-state index in [1.165, 1.54) is 5.56 Å². The van der Waals surface area contributed by atoms with Crippen molar-refractivity contribution >= 4 is 23.3 Å². The van der Waals surface area contributed by atoms with Crippen molar-refractivity contribution in [3.63, 3.8) is 0 Å². The zero-order valence-electron chi connectivity index (χ0n) is 12.4.